The van der Waals surface area contributed by atoms with Crippen molar-refractivity contribution in [2.75, 3.05) is 0 Å². The van der Waals surface area contributed by atoms with Gasteiger partial charge in [-0.1, -0.05) is 15.9 Å². The van der Waals surface area contributed by atoms with E-state index in [2.05, 4.69) is 20.9 Å². The second-order valence-electron chi connectivity index (χ2n) is 4.14. The first-order valence-electron chi connectivity index (χ1n) is 5.45. The van der Waals surface area contributed by atoms with Gasteiger partial charge in [-0.25, -0.2) is 4.98 Å². The molecule has 0 bridgehead atoms. The van der Waals surface area contributed by atoms with Crippen LogP contribution in [0.3, 0.4) is 0 Å². The summed E-state index contributed by atoms with van der Waals surface area (Å²) in [7, 11) is 0. The molecular weight excluding hydrogens is 323 g/mol. The van der Waals surface area contributed by atoms with E-state index in [0.29, 0.717) is 11.4 Å². The van der Waals surface area contributed by atoms with Crippen molar-refractivity contribution in [3.63, 3.8) is 0 Å². The summed E-state index contributed by atoms with van der Waals surface area (Å²) in [6.07, 6.45) is -1.42. The number of nitrogens with two attached hydrogens (primary N) is 1. The van der Waals surface area contributed by atoms with Gasteiger partial charge in [-0.3, -0.25) is 0 Å². The van der Waals surface area contributed by atoms with Crippen LogP contribution in [0.5, 0.6) is 0 Å². The summed E-state index contributed by atoms with van der Waals surface area (Å²) in [6, 6.07) is 3.69. The fraction of sp³-hybridized carbons (Fsp3) is 0.250. The van der Waals surface area contributed by atoms with E-state index in [4.69, 9.17) is 5.73 Å². The Balaban J connectivity index is 2.55. The number of imidazole rings is 1. The van der Waals surface area contributed by atoms with Crippen LogP contribution in [0.1, 0.15) is 24.2 Å². The molecule has 2 aromatic rings. The van der Waals surface area contributed by atoms with Crippen molar-refractivity contribution in [1.82, 2.24) is 9.55 Å². The number of benzene rings is 1. The van der Waals surface area contributed by atoms with E-state index < -0.39 is 11.7 Å². The highest BCUT2D eigenvalue weighted by Gasteiger charge is 2.33. The zero-order chi connectivity index (χ0) is 14.2. The first-order valence-corrected chi connectivity index (χ1v) is 6.25. The van der Waals surface area contributed by atoms with E-state index >= 15 is 0 Å². The Hall–Kier alpha value is -1.34. The number of rotatable bonds is 2. The molecule has 0 unspecified atom stereocenters. The van der Waals surface area contributed by atoms with Crippen molar-refractivity contribution >= 4 is 15.9 Å². The predicted molar refractivity (Wildman–Crippen MR) is 68.9 cm³/mol. The maximum atomic E-state index is 12.8. The molecule has 1 aromatic carbocycles. The largest absolute Gasteiger partial charge is 0.417 e. The van der Waals surface area contributed by atoms with Crippen molar-refractivity contribution in [1.29, 1.82) is 0 Å². The Morgan fingerprint density at radius 1 is 1.37 bits per heavy atom. The zero-order valence-corrected chi connectivity index (χ0v) is 11.5. The highest BCUT2D eigenvalue weighted by atomic mass is 79.9. The predicted octanol–water partition coefficient (Wildman–Crippen LogP) is 3.67. The van der Waals surface area contributed by atoms with Crippen LogP contribution in [0.15, 0.2) is 35.2 Å². The van der Waals surface area contributed by atoms with Crippen LogP contribution >= 0.6 is 15.9 Å². The second kappa shape index (κ2) is 4.97. The molecule has 7 heteroatoms. The molecule has 2 rings (SSSR count). The molecule has 3 nitrogen and oxygen atoms in total. The molecule has 1 aromatic heterocycles. The van der Waals surface area contributed by atoms with Gasteiger partial charge in [0.2, 0.25) is 0 Å². The fourth-order valence-electron chi connectivity index (χ4n) is 1.74. The lowest BCUT2D eigenvalue weighted by Gasteiger charge is -2.14. The number of hydrogen-bond donors (Lipinski definition) is 1. The molecule has 0 amide bonds. The van der Waals surface area contributed by atoms with Crippen LogP contribution in [-0.4, -0.2) is 9.55 Å². The molecule has 1 atom stereocenters. The van der Waals surface area contributed by atoms with Gasteiger partial charge in [0.05, 0.1) is 23.8 Å². The van der Waals surface area contributed by atoms with E-state index in [9.17, 15) is 13.2 Å². The molecule has 19 heavy (non-hydrogen) atoms. The molecule has 0 saturated heterocycles. The van der Waals surface area contributed by atoms with Gasteiger partial charge < -0.3 is 10.3 Å². The first-order chi connectivity index (χ1) is 8.80. The normalized spacial score (nSPS) is 13.6. The van der Waals surface area contributed by atoms with Crippen LogP contribution in [0.2, 0.25) is 0 Å². The van der Waals surface area contributed by atoms with Crippen LogP contribution in [0.25, 0.3) is 5.69 Å². The van der Waals surface area contributed by atoms with E-state index in [1.54, 1.807) is 23.8 Å². The Labute approximate surface area is 116 Å². The summed E-state index contributed by atoms with van der Waals surface area (Å²) in [5.41, 5.74) is 6.05. The maximum Gasteiger partial charge on any atom is 0.417 e. The SMILES string of the molecule is C[C@H](N)c1cncn1-c1ccc(Br)c(C(F)(F)F)c1. The van der Waals surface area contributed by atoms with Crippen LogP contribution in [-0.2, 0) is 6.18 Å². The van der Waals surface area contributed by atoms with Gasteiger partial charge in [-0.05, 0) is 25.1 Å². The fourth-order valence-corrected chi connectivity index (χ4v) is 2.21. The van der Waals surface area contributed by atoms with Gasteiger partial charge >= 0.3 is 6.18 Å². The number of nitrogens with zero attached hydrogens (tertiary/aromatic N) is 2. The van der Waals surface area contributed by atoms with Crippen molar-refractivity contribution in [3.8, 4) is 5.69 Å². The van der Waals surface area contributed by atoms with Crippen LogP contribution < -0.4 is 5.73 Å². The minimum Gasteiger partial charge on any atom is -0.323 e. The maximum absolute atomic E-state index is 12.8. The number of halogens is 4. The van der Waals surface area contributed by atoms with E-state index in [1.807, 2.05) is 0 Å². The summed E-state index contributed by atoms with van der Waals surface area (Å²) in [4.78, 5) is 3.92. The average Bonchev–Trinajstić information content (AvgIpc) is 2.77. The molecule has 102 valence electrons. The first kappa shape index (κ1) is 14.1. The van der Waals surface area contributed by atoms with Crippen LogP contribution in [0.4, 0.5) is 13.2 Å². The molecule has 0 spiro atoms. The number of alkyl halides is 3. The third kappa shape index (κ3) is 2.82. The van der Waals surface area contributed by atoms with Crippen molar-refractivity contribution in [2.24, 2.45) is 5.73 Å². The number of aromatic nitrogens is 2. The molecule has 0 aliphatic rings. The van der Waals surface area contributed by atoms with Gasteiger partial charge in [0.15, 0.2) is 0 Å². The molecule has 1 heterocycles. The Morgan fingerprint density at radius 3 is 2.63 bits per heavy atom. The van der Waals surface area contributed by atoms with E-state index in [0.717, 1.165) is 6.07 Å². The van der Waals surface area contributed by atoms with Gasteiger partial charge in [0.25, 0.3) is 0 Å². The molecule has 0 radical (unpaired) electrons. The topological polar surface area (TPSA) is 43.8 Å². The van der Waals surface area contributed by atoms with E-state index in [-0.39, 0.29) is 10.5 Å². The lowest BCUT2D eigenvalue weighted by Crippen LogP contribution is -2.12. The summed E-state index contributed by atoms with van der Waals surface area (Å²) < 4.78 is 40.1. The summed E-state index contributed by atoms with van der Waals surface area (Å²) in [6.45, 7) is 1.75. The molecular formula is C12H11BrF3N3. The van der Waals surface area contributed by atoms with Crippen molar-refractivity contribution in [3.05, 3.63) is 46.5 Å². The monoisotopic (exact) mass is 333 g/mol. The van der Waals surface area contributed by atoms with Gasteiger partial charge in [0.1, 0.15) is 0 Å². The summed E-state index contributed by atoms with van der Waals surface area (Å²) >= 11 is 2.91. The highest BCUT2D eigenvalue weighted by molar-refractivity contribution is 9.10. The van der Waals surface area contributed by atoms with Gasteiger partial charge in [-0.15, -0.1) is 0 Å². The number of hydrogen-bond acceptors (Lipinski definition) is 2. The lowest BCUT2D eigenvalue weighted by atomic mass is 10.2. The molecule has 2 N–H and O–H groups in total. The Kier molecular flexibility index (Phi) is 3.69. The Morgan fingerprint density at radius 2 is 2.05 bits per heavy atom. The highest BCUT2D eigenvalue weighted by Crippen LogP contribution is 2.36. The third-order valence-electron chi connectivity index (χ3n) is 2.67. The third-order valence-corrected chi connectivity index (χ3v) is 3.36. The summed E-state index contributed by atoms with van der Waals surface area (Å²) in [5.74, 6) is 0. The summed E-state index contributed by atoms with van der Waals surface area (Å²) in [5, 5.41) is 0. The smallest absolute Gasteiger partial charge is 0.323 e. The van der Waals surface area contributed by atoms with Crippen LogP contribution in [0, 0.1) is 0 Å². The quantitative estimate of drug-likeness (QED) is 0.911. The minimum absolute atomic E-state index is 0.00575. The van der Waals surface area contributed by atoms with E-state index in [1.165, 1.54) is 12.4 Å². The van der Waals surface area contributed by atoms with Crippen molar-refractivity contribution in [2.45, 2.75) is 19.1 Å². The second-order valence-corrected chi connectivity index (χ2v) is 4.99. The average molecular weight is 334 g/mol. The molecule has 0 fully saturated rings. The molecule has 0 aliphatic heterocycles. The van der Waals surface area contributed by atoms with Crippen molar-refractivity contribution < 1.29 is 13.2 Å². The van der Waals surface area contributed by atoms with Gasteiger partial charge in [0, 0.05) is 16.2 Å². The zero-order valence-electron chi connectivity index (χ0n) is 9.95. The standard InChI is InChI=1S/C12H11BrF3N3/c1-7(17)11-5-18-6-19(11)8-2-3-10(13)9(4-8)12(14,15)16/h2-7H,17H2,1H3/t7-/m0/s1. The molecule has 0 saturated carbocycles. The molecule has 0 aliphatic carbocycles. The Bertz CT molecular complexity index is 590. The van der Waals surface area contributed by atoms with Gasteiger partial charge in [-0.2, -0.15) is 13.2 Å². The lowest BCUT2D eigenvalue weighted by molar-refractivity contribution is -0.138. The minimum atomic E-state index is -4.41.